The Balaban J connectivity index is 1.56. The van der Waals surface area contributed by atoms with Gasteiger partial charge in [-0.2, -0.15) is 0 Å². The zero-order valence-corrected chi connectivity index (χ0v) is 19.4. The number of hydrogen-bond acceptors (Lipinski definition) is 3. The SMILES string of the molecule is COc1ccc(C(c2ccc[nH]2)c2ccc(C(c3ccc(OC)cc3)c3ccc[nH]3)s2)cc1. The van der Waals surface area contributed by atoms with Crippen LogP contribution in [0.5, 0.6) is 11.5 Å². The van der Waals surface area contributed by atoms with Crippen molar-refractivity contribution in [1.29, 1.82) is 0 Å². The maximum absolute atomic E-state index is 5.37. The molecular formula is C28H26N2O2S. The number of ether oxygens (including phenoxy) is 2. The van der Waals surface area contributed by atoms with Gasteiger partial charge in [-0.1, -0.05) is 24.3 Å². The molecular weight excluding hydrogens is 428 g/mol. The van der Waals surface area contributed by atoms with Crippen molar-refractivity contribution in [3.63, 3.8) is 0 Å². The molecule has 2 unspecified atom stereocenters. The average molecular weight is 455 g/mol. The van der Waals surface area contributed by atoms with Gasteiger partial charge in [0, 0.05) is 33.5 Å². The van der Waals surface area contributed by atoms with Gasteiger partial charge in [-0.15, -0.1) is 11.3 Å². The zero-order valence-electron chi connectivity index (χ0n) is 18.6. The van der Waals surface area contributed by atoms with Crippen LogP contribution in [-0.4, -0.2) is 24.2 Å². The summed E-state index contributed by atoms with van der Waals surface area (Å²) in [6, 6.07) is 29.6. The Labute approximate surface area is 197 Å². The van der Waals surface area contributed by atoms with Gasteiger partial charge in [0.25, 0.3) is 0 Å². The highest BCUT2D eigenvalue weighted by Gasteiger charge is 2.24. The lowest BCUT2D eigenvalue weighted by molar-refractivity contribution is 0.414. The molecule has 5 rings (SSSR count). The summed E-state index contributed by atoms with van der Waals surface area (Å²) >= 11 is 1.85. The third kappa shape index (κ3) is 4.32. The molecule has 3 aromatic heterocycles. The standard InChI is InChI=1S/C28H26N2O2S/c1-31-21-11-7-19(8-12-21)27(23-5-3-17-29-23)25-15-16-26(33-25)28(24-6-4-18-30-24)20-9-13-22(32-2)14-10-20/h3-18,27-30H,1-2H3. The van der Waals surface area contributed by atoms with Crippen LogP contribution in [0.1, 0.15) is 44.1 Å². The summed E-state index contributed by atoms with van der Waals surface area (Å²) in [6.45, 7) is 0. The first-order chi connectivity index (χ1) is 16.3. The van der Waals surface area contributed by atoms with Gasteiger partial charge >= 0.3 is 0 Å². The van der Waals surface area contributed by atoms with Crippen molar-refractivity contribution in [2.45, 2.75) is 11.8 Å². The molecule has 166 valence electrons. The molecule has 0 aliphatic rings. The summed E-state index contributed by atoms with van der Waals surface area (Å²) in [4.78, 5) is 9.45. The first kappa shape index (κ1) is 21.2. The van der Waals surface area contributed by atoms with E-state index in [1.165, 1.54) is 32.3 Å². The van der Waals surface area contributed by atoms with Gasteiger partial charge in [0.1, 0.15) is 11.5 Å². The van der Waals surface area contributed by atoms with Crippen LogP contribution in [0.4, 0.5) is 0 Å². The average Bonchev–Trinajstić information content (AvgIpc) is 3.65. The molecule has 0 radical (unpaired) electrons. The van der Waals surface area contributed by atoms with Crippen molar-refractivity contribution < 1.29 is 9.47 Å². The van der Waals surface area contributed by atoms with Crippen molar-refractivity contribution in [1.82, 2.24) is 9.97 Å². The number of hydrogen-bond donors (Lipinski definition) is 2. The summed E-state index contributed by atoms with van der Waals surface area (Å²) in [5, 5.41) is 0. The molecule has 0 aliphatic carbocycles. The number of thiophene rings is 1. The molecule has 0 aliphatic heterocycles. The van der Waals surface area contributed by atoms with E-state index in [4.69, 9.17) is 9.47 Å². The number of H-pyrrole nitrogens is 2. The normalized spacial score (nSPS) is 12.9. The molecule has 33 heavy (non-hydrogen) atoms. The van der Waals surface area contributed by atoms with Gasteiger partial charge in [0.15, 0.2) is 0 Å². The van der Waals surface area contributed by atoms with E-state index < -0.39 is 0 Å². The van der Waals surface area contributed by atoms with E-state index in [2.05, 4.69) is 70.6 Å². The highest BCUT2D eigenvalue weighted by atomic mass is 32.1. The first-order valence-corrected chi connectivity index (χ1v) is 11.7. The van der Waals surface area contributed by atoms with E-state index in [1.54, 1.807) is 14.2 Å². The third-order valence-corrected chi connectivity index (χ3v) is 7.20. The van der Waals surface area contributed by atoms with E-state index in [-0.39, 0.29) is 11.8 Å². The lowest BCUT2D eigenvalue weighted by atomic mass is 9.93. The fourth-order valence-corrected chi connectivity index (χ4v) is 5.62. The summed E-state index contributed by atoms with van der Waals surface area (Å²) < 4.78 is 10.7. The summed E-state index contributed by atoms with van der Waals surface area (Å²) in [5.41, 5.74) is 4.81. The van der Waals surface area contributed by atoms with Crippen LogP contribution in [0.2, 0.25) is 0 Å². The molecule has 2 atom stereocenters. The predicted octanol–water partition coefficient (Wildman–Crippen LogP) is 6.78. The molecule has 0 saturated carbocycles. The Morgan fingerprint density at radius 1 is 0.576 bits per heavy atom. The Morgan fingerprint density at radius 2 is 1.00 bits per heavy atom. The molecule has 0 fully saturated rings. The Morgan fingerprint density at radius 3 is 1.33 bits per heavy atom. The summed E-state index contributed by atoms with van der Waals surface area (Å²) in [7, 11) is 3.39. The van der Waals surface area contributed by atoms with E-state index in [1.807, 2.05) is 48.0 Å². The summed E-state index contributed by atoms with van der Waals surface area (Å²) in [5.74, 6) is 1.99. The second-order valence-corrected chi connectivity index (χ2v) is 9.05. The maximum Gasteiger partial charge on any atom is 0.118 e. The van der Waals surface area contributed by atoms with E-state index >= 15 is 0 Å². The smallest absolute Gasteiger partial charge is 0.118 e. The molecule has 4 nitrogen and oxygen atoms in total. The van der Waals surface area contributed by atoms with E-state index in [9.17, 15) is 0 Å². The minimum atomic E-state index is 0.129. The van der Waals surface area contributed by atoms with E-state index in [0.29, 0.717) is 0 Å². The fourth-order valence-electron chi connectivity index (χ4n) is 4.31. The van der Waals surface area contributed by atoms with Crippen LogP contribution in [-0.2, 0) is 0 Å². The van der Waals surface area contributed by atoms with Crippen LogP contribution in [0.25, 0.3) is 0 Å². The predicted molar refractivity (Wildman–Crippen MR) is 134 cm³/mol. The molecule has 3 heterocycles. The van der Waals surface area contributed by atoms with Gasteiger partial charge in [0.2, 0.25) is 0 Å². The van der Waals surface area contributed by atoms with Crippen LogP contribution in [0.3, 0.4) is 0 Å². The Bertz CT molecular complexity index is 1170. The highest BCUT2D eigenvalue weighted by molar-refractivity contribution is 7.12. The van der Waals surface area contributed by atoms with E-state index in [0.717, 1.165) is 11.5 Å². The minimum Gasteiger partial charge on any atom is -0.497 e. The van der Waals surface area contributed by atoms with Crippen LogP contribution in [0.15, 0.2) is 97.3 Å². The van der Waals surface area contributed by atoms with Gasteiger partial charge < -0.3 is 19.4 Å². The molecule has 2 N–H and O–H groups in total. The fraction of sp³-hybridized carbons (Fsp3) is 0.143. The summed E-state index contributed by atoms with van der Waals surface area (Å²) in [6.07, 6.45) is 3.97. The number of rotatable bonds is 8. The number of methoxy groups -OCH3 is 2. The van der Waals surface area contributed by atoms with Crippen molar-refractivity contribution in [3.8, 4) is 11.5 Å². The van der Waals surface area contributed by atoms with Gasteiger partial charge in [-0.3, -0.25) is 0 Å². The van der Waals surface area contributed by atoms with Crippen LogP contribution < -0.4 is 9.47 Å². The molecule has 0 saturated heterocycles. The minimum absolute atomic E-state index is 0.129. The first-order valence-electron chi connectivity index (χ1n) is 10.9. The van der Waals surface area contributed by atoms with Crippen molar-refractivity contribution in [2.75, 3.05) is 14.2 Å². The molecule has 5 heteroatoms. The number of benzene rings is 2. The Hall–Kier alpha value is -3.70. The Kier molecular flexibility index (Phi) is 6.05. The quantitative estimate of drug-likeness (QED) is 0.271. The number of aromatic amines is 2. The second kappa shape index (κ2) is 9.43. The monoisotopic (exact) mass is 454 g/mol. The van der Waals surface area contributed by atoms with Gasteiger partial charge in [-0.05, 0) is 71.8 Å². The third-order valence-electron chi connectivity index (χ3n) is 5.98. The van der Waals surface area contributed by atoms with Crippen LogP contribution in [0, 0.1) is 0 Å². The molecule has 0 bridgehead atoms. The zero-order chi connectivity index (χ0) is 22.6. The molecule has 0 spiro atoms. The van der Waals surface area contributed by atoms with Crippen molar-refractivity contribution in [3.05, 3.63) is 130 Å². The topological polar surface area (TPSA) is 50.0 Å². The van der Waals surface area contributed by atoms with Crippen molar-refractivity contribution in [2.24, 2.45) is 0 Å². The van der Waals surface area contributed by atoms with Crippen LogP contribution >= 0.6 is 11.3 Å². The number of nitrogens with one attached hydrogen (secondary N) is 2. The van der Waals surface area contributed by atoms with Gasteiger partial charge in [-0.25, -0.2) is 0 Å². The van der Waals surface area contributed by atoms with Gasteiger partial charge in [0.05, 0.1) is 26.1 Å². The lowest BCUT2D eigenvalue weighted by Crippen LogP contribution is -2.03. The molecule has 0 amide bonds. The maximum atomic E-state index is 5.37. The largest absolute Gasteiger partial charge is 0.497 e. The second-order valence-electron chi connectivity index (χ2n) is 7.90. The molecule has 2 aromatic carbocycles. The van der Waals surface area contributed by atoms with Crippen molar-refractivity contribution >= 4 is 11.3 Å². The number of aromatic nitrogens is 2. The highest BCUT2D eigenvalue weighted by Crippen LogP contribution is 2.41. The lowest BCUT2D eigenvalue weighted by Gasteiger charge is -2.17. The molecule has 5 aromatic rings.